The van der Waals surface area contributed by atoms with Gasteiger partial charge in [-0.2, -0.15) is 5.10 Å². The third kappa shape index (κ3) is 3.64. The third-order valence-electron chi connectivity index (χ3n) is 4.83. The number of para-hydroxylation sites is 1. The molecule has 0 N–H and O–H groups in total. The molecule has 28 heavy (non-hydrogen) atoms. The third-order valence-corrected chi connectivity index (χ3v) is 4.83. The van der Waals surface area contributed by atoms with Crippen LogP contribution in [-0.4, -0.2) is 27.5 Å². The van der Waals surface area contributed by atoms with Crippen LogP contribution in [0.4, 0.5) is 11.4 Å². The second kappa shape index (κ2) is 7.64. The van der Waals surface area contributed by atoms with E-state index in [0.717, 1.165) is 22.6 Å². The number of carbonyl (C=O) groups is 1. The van der Waals surface area contributed by atoms with Crippen molar-refractivity contribution in [2.45, 2.75) is 27.3 Å². The largest absolute Gasteiger partial charge is 0.365 e. The van der Waals surface area contributed by atoms with Gasteiger partial charge in [0.25, 0.3) is 5.69 Å². The molecule has 0 aliphatic heterocycles. The van der Waals surface area contributed by atoms with Crippen molar-refractivity contribution in [2.75, 3.05) is 11.9 Å². The van der Waals surface area contributed by atoms with Gasteiger partial charge in [-0.1, -0.05) is 18.2 Å². The molecule has 0 unspecified atom stereocenters. The maximum Gasteiger partial charge on any atom is 0.293 e. The number of aryl methyl sites for hydroxylation is 1. The molecule has 0 amide bonds. The lowest BCUT2D eigenvalue weighted by Crippen LogP contribution is -2.19. The molecule has 0 aliphatic rings. The Morgan fingerprint density at radius 1 is 1.18 bits per heavy atom. The Morgan fingerprint density at radius 3 is 2.46 bits per heavy atom. The van der Waals surface area contributed by atoms with Crippen LogP contribution in [0.25, 0.3) is 5.69 Å². The zero-order chi connectivity index (χ0) is 20.4. The number of rotatable bonds is 6. The van der Waals surface area contributed by atoms with E-state index in [1.165, 1.54) is 13.0 Å². The lowest BCUT2D eigenvalue weighted by Gasteiger charge is -2.20. The predicted molar refractivity (Wildman–Crippen MR) is 108 cm³/mol. The normalized spacial score (nSPS) is 10.7. The summed E-state index contributed by atoms with van der Waals surface area (Å²) in [6.45, 7) is 5.78. The Bertz CT molecular complexity index is 1040. The average Bonchev–Trinajstić information content (AvgIpc) is 2.96. The summed E-state index contributed by atoms with van der Waals surface area (Å²) >= 11 is 0. The summed E-state index contributed by atoms with van der Waals surface area (Å²) in [6.07, 6.45) is 0. The molecule has 0 spiro atoms. The smallest absolute Gasteiger partial charge is 0.293 e. The summed E-state index contributed by atoms with van der Waals surface area (Å²) in [5.74, 6) is -0.201. The van der Waals surface area contributed by atoms with Gasteiger partial charge < -0.3 is 4.90 Å². The van der Waals surface area contributed by atoms with Gasteiger partial charge >= 0.3 is 0 Å². The molecule has 0 aliphatic carbocycles. The van der Waals surface area contributed by atoms with E-state index in [1.54, 1.807) is 19.2 Å². The van der Waals surface area contributed by atoms with Crippen molar-refractivity contribution in [3.8, 4) is 5.69 Å². The number of Topliss-reactive ketones (excluding diaryl/α,β-unsaturated/α-hetero) is 1. The fourth-order valence-electron chi connectivity index (χ4n) is 3.26. The Balaban J connectivity index is 1.96. The monoisotopic (exact) mass is 378 g/mol. The number of carbonyl (C=O) groups excluding carboxylic acids is 1. The summed E-state index contributed by atoms with van der Waals surface area (Å²) in [5.41, 5.74) is 4.54. The van der Waals surface area contributed by atoms with Crippen LogP contribution >= 0.6 is 0 Å². The molecule has 1 heterocycles. The molecule has 7 heteroatoms. The molecule has 0 atom stereocenters. The van der Waals surface area contributed by atoms with E-state index in [0.29, 0.717) is 17.8 Å². The first kappa shape index (κ1) is 19.3. The molecule has 2 aromatic carbocycles. The van der Waals surface area contributed by atoms with Crippen LogP contribution in [0.3, 0.4) is 0 Å². The van der Waals surface area contributed by atoms with Gasteiger partial charge in [0.2, 0.25) is 0 Å². The number of hydrogen-bond acceptors (Lipinski definition) is 5. The van der Waals surface area contributed by atoms with Crippen molar-refractivity contribution in [1.29, 1.82) is 0 Å². The second-order valence-electron chi connectivity index (χ2n) is 6.77. The van der Waals surface area contributed by atoms with Crippen molar-refractivity contribution in [2.24, 2.45) is 0 Å². The van der Waals surface area contributed by atoms with E-state index in [2.05, 4.69) is 5.10 Å². The zero-order valence-electron chi connectivity index (χ0n) is 16.3. The summed E-state index contributed by atoms with van der Waals surface area (Å²) in [4.78, 5) is 24.5. The van der Waals surface area contributed by atoms with Crippen LogP contribution in [0, 0.1) is 24.0 Å². The van der Waals surface area contributed by atoms with Crippen molar-refractivity contribution in [1.82, 2.24) is 9.78 Å². The van der Waals surface area contributed by atoms with Crippen LogP contribution in [0.5, 0.6) is 0 Å². The average molecular weight is 378 g/mol. The first-order chi connectivity index (χ1) is 13.3. The maximum atomic E-state index is 11.6. The van der Waals surface area contributed by atoms with E-state index in [9.17, 15) is 14.9 Å². The number of nitro benzene ring substituents is 1. The number of anilines is 1. The van der Waals surface area contributed by atoms with Crippen molar-refractivity contribution in [3.63, 3.8) is 0 Å². The van der Waals surface area contributed by atoms with E-state index in [4.69, 9.17) is 0 Å². The Morgan fingerprint density at radius 2 is 1.86 bits per heavy atom. The minimum atomic E-state index is -0.453. The van der Waals surface area contributed by atoms with Gasteiger partial charge in [0.1, 0.15) is 5.69 Å². The highest BCUT2D eigenvalue weighted by atomic mass is 16.6. The van der Waals surface area contributed by atoms with E-state index in [1.807, 2.05) is 53.8 Å². The molecule has 0 saturated carbocycles. The molecular formula is C21H22N4O3. The fourth-order valence-corrected chi connectivity index (χ4v) is 3.26. The number of hydrogen-bond donors (Lipinski definition) is 0. The van der Waals surface area contributed by atoms with Gasteiger partial charge in [0.05, 0.1) is 16.3 Å². The highest BCUT2D eigenvalue weighted by Crippen LogP contribution is 2.31. The number of nitro groups is 1. The van der Waals surface area contributed by atoms with Crippen LogP contribution in [-0.2, 0) is 6.54 Å². The predicted octanol–water partition coefficient (Wildman–Crippen LogP) is 4.24. The molecule has 1 aromatic heterocycles. The highest BCUT2D eigenvalue weighted by molar-refractivity contribution is 5.95. The van der Waals surface area contributed by atoms with Crippen molar-refractivity contribution >= 4 is 17.2 Å². The molecule has 3 rings (SSSR count). The topological polar surface area (TPSA) is 81.3 Å². The molecule has 0 bridgehead atoms. The molecule has 0 radical (unpaired) electrons. The molecule has 0 fully saturated rings. The Labute approximate surface area is 163 Å². The maximum absolute atomic E-state index is 11.6. The first-order valence-corrected chi connectivity index (χ1v) is 8.90. The van der Waals surface area contributed by atoms with Crippen LogP contribution < -0.4 is 4.90 Å². The van der Waals surface area contributed by atoms with E-state index in [-0.39, 0.29) is 11.5 Å². The quantitative estimate of drug-likeness (QED) is 0.364. The standard InChI is InChI=1S/C21H22N4O3/c1-14-19(15(2)24(22-14)18-8-6-5-7-9-18)13-23(4)20-11-10-17(16(3)26)12-21(20)25(27)28/h5-12H,13H2,1-4H3. The zero-order valence-corrected chi connectivity index (χ0v) is 16.3. The highest BCUT2D eigenvalue weighted by Gasteiger charge is 2.21. The fraction of sp³-hybridized carbons (Fsp3) is 0.238. The lowest BCUT2D eigenvalue weighted by molar-refractivity contribution is -0.384. The van der Waals surface area contributed by atoms with Gasteiger partial charge in [0, 0.05) is 36.5 Å². The molecule has 0 saturated heterocycles. The Kier molecular flexibility index (Phi) is 5.26. The molecule has 7 nitrogen and oxygen atoms in total. The van der Waals surface area contributed by atoms with Crippen LogP contribution in [0.1, 0.15) is 34.2 Å². The SMILES string of the molecule is CC(=O)c1ccc(N(C)Cc2c(C)nn(-c3ccccc3)c2C)c([N+](=O)[O-])c1. The van der Waals surface area contributed by atoms with Gasteiger partial charge in [-0.25, -0.2) is 4.68 Å². The number of ketones is 1. The van der Waals surface area contributed by atoms with Crippen LogP contribution in [0.15, 0.2) is 48.5 Å². The molecule has 144 valence electrons. The van der Waals surface area contributed by atoms with Crippen LogP contribution in [0.2, 0.25) is 0 Å². The van der Waals surface area contributed by atoms with Gasteiger partial charge in [0.15, 0.2) is 5.78 Å². The summed E-state index contributed by atoms with van der Waals surface area (Å²) in [5, 5.41) is 16.2. The van der Waals surface area contributed by atoms with Gasteiger partial charge in [-0.05, 0) is 45.0 Å². The summed E-state index contributed by atoms with van der Waals surface area (Å²) in [7, 11) is 1.80. The molecular weight excluding hydrogens is 356 g/mol. The lowest BCUT2D eigenvalue weighted by atomic mass is 10.1. The van der Waals surface area contributed by atoms with Gasteiger partial charge in [-0.3, -0.25) is 14.9 Å². The van der Waals surface area contributed by atoms with E-state index < -0.39 is 4.92 Å². The summed E-state index contributed by atoms with van der Waals surface area (Å²) < 4.78 is 1.88. The number of aromatic nitrogens is 2. The number of benzene rings is 2. The second-order valence-corrected chi connectivity index (χ2v) is 6.77. The van der Waals surface area contributed by atoms with Crippen molar-refractivity contribution in [3.05, 3.63) is 81.2 Å². The van der Waals surface area contributed by atoms with E-state index >= 15 is 0 Å². The number of nitrogens with zero attached hydrogens (tertiary/aromatic N) is 4. The minimum absolute atomic E-state index is 0.0824. The van der Waals surface area contributed by atoms with Crippen molar-refractivity contribution < 1.29 is 9.72 Å². The minimum Gasteiger partial charge on any atom is -0.365 e. The first-order valence-electron chi connectivity index (χ1n) is 8.90. The Hall–Kier alpha value is -3.48. The van der Waals surface area contributed by atoms with Gasteiger partial charge in [-0.15, -0.1) is 0 Å². The summed E-state index contributed by atoms with van der Waals surface area (Å²) in [6, 6.07) is 14.4. The molecule has 3 aromatic rings.